The van der Waals surface area contributed by atoms with Crippen molar-refractivity contribution >= 4 is 21.7 Å². The maximum Gasteiger partial charge on any atom is 0.266 e. The van der Waals surface area contributed by atoms with E-state index in [2.05, 4.69) is 0 Å². The van der Waals surface area contributed by atoms with Crippen LogP contribution in [0.2, 0.25) is 0 Å². The van der Waals surface area contributed by atoms with E-state index in [0.717, 1.165) is 0 Å². The fraction of sp³-hybridized carbons (Fsp3) is 0.467. The van der Waals surface area contributed by atoms with Gasteiger partial charge in [0.2, 0.25) is 0 Å². The summed E-state index contributed by atoms with van der Waals surface area (Å²) < 4.78 is 30.3. The molecule has 0 radical (unpaired) electrons. The standard InChI is InChI=1S/C15H21NO7S/c1-4-16(7-8-24(20,21)22)23-9-12-5-6-13(10(2)17)14(11(3)18)15(12)19/h5-6,19H,4,7-9H2,1-3H3,(H,20,21,22). The highest BCUT2D eigenvalue weighted by Gasteiger charge is 2.19. The van der Waals surface area contributed by atoms with Crippen LogP contribution in [0.5, 0.6) is 5.75 Å². The lowest BCUT2D eigenvalue weighted by Gasteiger charge is -2.20. The van der Waals surface area contributed by atoms with Gasteiger partial charge >= 0.3 is 0 Å². The van der Waals surface area contributed by atoms with Crippen LogP contribution in [0.15, 0.2) is 12.1 Å². The van der Waals surface area contributed by atoms with Crippen LogP contribution >= 0.6 is 0 Å². The molecule has 1 aromatic carbocycles. The van der Waals surface area contributed by atoms with E-state index in [9.17, 15) is 23.1 Å². The summed E-state index contributed by atoms with van der Waals surface area (Å²) in [6.45, 7) is 4.44. The summed E-state index contributed by atoms with van der Waals surface area (Å²) >= 11 is 0. The molecule has 0 saturated carbocycles. The second kappa shape index (κ2) is 8.34. The number of nitrogens with zero attached hydrogens (tertiary/aromatic N) is 1. The van der Waals surface area contributed by atoms with Crippen molar-refractivity contribution in [2.75, 3.05) is 18.8 Å². The summed E-state index contributed by atoms with van der Waals surface area (Å²) in [5, 5.41) is 11.5. The van der Waals surface area contributed by atoms with Gasteiger partial charge in [-0.3, -0.25) is 19.0 Å². The molecular formula is C15H21NO7S. The first kappa shape index (κ1) is 20.2. The molecule has 0 aliphatic heterocycles. The zero-order valence-corrected chi connectivity index (χ0v) is 14.6. The summed E-state index contributed by atoms with van der Waals surface area (Å²) in [7, 11) is -4.11. The Morgan fingerprint density at radius 2 is 1.83 bits per heavy atom. The minimum atomic E-state index is -4.11. The predicted molar refractivity (Wildman–Crippen MR) is 86.6 cm³/mol. The molecule has 0 fully saturated rings. The van der Waals surface area contributed by atoms with Crippen LogP contribution in [0, 0.1) is 0 Å². The Kier molecular flexibility index (Phi) is 7.03. The van der Waals surface area contributed by atoms with Crippen molar-refractivity contribution in [3.8, 4) is 5.75 Å². The smallest absolute Gasteiger partial charge is 0.266 e. The number of hydrogen-bond acceptors (Lipinski definition) is 7. The van der Waals surface area contributed by atoms with Gasteiger partial charge in [0.15, 0.2) is 11.6 Å². The number of ketones is 2. The van der Waals surface area contributed by atoms with E-state index in [1.54, 1.807) is 6.92 Å². The number of hydrogen-bond donors (Lipinski definition) is 2. The topological polar surface area (TPSA) is 121 Å². The Morgan fingerprint density at radius 3 is 2.29 bits per heavy atom. The summed E-state index contributed by atoms with van der Waals surface area (Å²) in [6, 6.07) is 2.90. The fourth-order valence-electron chi connectivity index (χ4n) is 2.09. The van der Waals surface area contributed by atoms with Crippen LogP contribution in [-0.2, 0) is 21.6 Å². The quantitative estimate of drug-likeness (QED) is 0.386. The Labute approximate surface area is 140 Å². The predicted octanol–water partition coefficient (Wildman–Crippen LogP) is 1.44. The zero-order chi connectivity index (χ0) is 18.5. The highest BCUT2D eigenvalue weighted by Crippen LogP contribution is 2.28. The first-order chi connectivity index (χ1) is 11.1. The molecule has 9 heteroatoms. The molecule has 1 rings (SSSR count). The molecule has 0 amide bonds. The molecule has 0 unspecified atom stereocenters. The minimum absolute atomic E-state index is 0.0544. The molecule has 24 heavy (non-hydrogen) atoms. The Bertz CT molecular complexity index is 728. The van der Waals surface area contributed by atoms with Gasteiger partial charge in [-0.2, -0.15) is 13.5 Å². The van der Waals surface area contributed by atoms with Crippen molar-refractivity contribution in [3.05, 3.63) is 28.8 Å². The molecule has 0 saturated heterocycles. The van der Waals surface area contributed by atoms with E-state index in [4.69, 9.17) is 9.39 Å². The van der Waals surface area contributed by atoms with Crippen molar-refractivity contribution in [2.45, 2.75) is 27.4 Å². The van der Waals surface area contributed by atoms with Crippen LogP contribution < -0.4 is 0 Å². The second-order valence-corrected chi connectivity index (χ2v) is 6.76. The van der Waals surface area contributed by atoms with E-state index >= 15 is 0 Å². The van der Waals surface area contributed by atoms with E-state index in [-0.39, 0.29) is 41.4 Å². The third-order valence-electron chi connectivity index (χ3n) is 3.35. The van der Waals surface area contributed by atoms with Crippen LogP contribution in [0.1, 0.15) is 47.1 Å². The van der Waals surface area contributed by atoms with Crippen molar-refractivity contribution in [1.82, 2.24) is 5.06 Å². The van der Waals surface area contributed by atoms with Gasteiger partial charge in [-0.25, -0.2) is 0 Å². The normalized spacial score (nSPS) is 11.7. The maximum atomic E-state index is 11.7. The number of rotatable bonds is 9. The average Bonchev–Trinajstić information content (AvgIpc) is 2.46. The van der Waals surface area contributed by atoms with Gasteiger partial charge in [-0.15, -0.1) is 0 Å². The number of carbonyl (C=O) groups excluding carboxylic acids is 2. The number of carbonyl (C=O) groups is 2. The Hall–Kier alpha value is -1.81. The fourth-order valence-corrected chi connectivity index (χ4v) is 2.53. The lowest BCUT2D eigenvalue weighted by Crippen LogP contribution is -2.29. The summed E-state index contributed by atoms with van der Waals surface area (Å²) in [5.41, 5.74) is 0.350. The van der Waals surface area contributed by atoms with Crippen molar-refractivity contribution in [2.24, 2.45) is 0 Å². The second-order valence-electron chi connectivity index (χ2n) is 5.19. The molecule has 134 valence electrons. The first-order valence-corrected chi connectivity index (χ1v) is 8.87. The third-order valence-corrected chi connectivity index (χ3v) is 4.05. The number of aromatic hydroxyl groups is 1. The maximum absolute atomic E-state index is 11.7. The van der Waals surface area contributed by atoms with Crippen molar-refractivity contribution in [3.63, 3.8) is 0 Å². The molecule has 0 aliphatic rings. The Morgan fingerprint density at radius 1 is 1.21 bits per heavy atom. The molecule has 8 nitrogen and oxygen atoms in total. The van der Waals surface area contributed by atoms with Gasteiger partial charge in [0.05, 0.1) is 17.9 Å². The van der Waals surface area contributed by atoms with E-state index in [1.165, 1.54) is 31.0 Å². The lowest BCUT2D eigenvalue weighted by molar-refractivity contribution is -0.163. The molecule has 2 N–H and O–H groups in total. The number of phenolic OH excluding ortho intramolecular Hbond substituents is 1. The summed E-state index contributed by atoms with van der Waals surface area (Å²) in [5.74, 6) is -1.61. The van der Waals surface area contributed by atoms with E-state index in [1.807, 2.05) is 0 Å². The van der Waals surface area contributed by atoms with Gasteiger partial charge in [-0.05, 0) is 13.8 Å². The zero-order valence-electron chi connectivity index (χ0n) is 13.8. The highest BCUT2D eigenvalue weighted by atomic mass is 32.2. The number of hydroxylamine groups is 2. The molecule has 0 heterocycles. The third kappa shape index (κ3) is 5.68. The number of phenols is 1. The monoisotopic (exact) mass is 359 g/mol. The van der Waals surface area contributed by atoms with Gasteiger partial charge in [0.25, 0.3) is 10.1 Å². The van der Waals surface area contributed by atoms with E-state index < -0.39 is 21.7 Å². The summed E-state index contributed by atoms with van der Waals surface area (Å²) in [4.78, 5) is 28.6. The molecular weight excluding hydrogens is 338 g/mol. The molecule has 1 aromatic rings. The molecule has 0 atom stereocenters. The summed E-state index contributed by atoms with van der Waals surface area (Å²) in [6.07, 6.45) is 0. The van der Waals surface area contributed by atoms with E-state index in [0.29, 0.717) is 6.54 Å². The van der Waals surface area contributed by atoms with Crippen molar-refractivity contribution < 1.29 is 32.5 Å². The lowest BCUT2D eigenvalue weighted by atomic mass is 9.97. The van der Waals surface area contributed by atoms with Crippen molar-refractivity contribution in [1.29, 1.82) is 0 Å². The van der Waals surface area contributed by atoms with Crippen LogP contribution in [-0.4, -0.2) is 53.5 Å². The van der Waals surface area contributed by atoms with Crippen LogP contribution in [0.4, 0.5) is 0 Å². The van der Waals surface area contributed by atoms with Crippen LogP contribution in [0.25, 0.3) is 0 Å². The molecule has 0 aromatic heterocycles. The SMILES string of the molecule is CCN(CCS(=O)(=O)O)OCc1ccc(C(C)=O)c(C(C)=O)c1O. The molecule has 0 bridgehead atoms. The highest BCUT2D eigenvalue weighted by molar-refractivity contribution is 7.85. The molecule has 0 spiro atoms. The van der Waals surface area contributed by atoms with Gasteiger partial charge in [0, 0.05) is 24.2 Å². The average molecular weight is 359 g/mol. The largest absolute Gasteiger partial charge is 0.507 e. The Balaban J connectivity index is 2.93. The first-order valence-electron chi connectivity index (χ1n) is 7.26. The minimum Gasteiger partial charge on any atom is -0.507 e. The number of benzene rings is 1. The number of Topliss-reactive ketones (excluding diaryl/α,β-unsaturated/α-hetero) is 2. The van der Waals surface area contributed by atoms with Gasteiger partial charge in [-0.1, -0.05) is 19.1 Å². The van der Waals surface area contributed by atoms with Gasteiger partial charge in [0.1, 0.15) is 5.75 Å². The van der Waals surface area contributed by atoms with Gasteiger partial charge < -0.3 is 5.11 Å². The molecule has 0 aliphatic carbocycles. The van der Waals surface area contributed by atoms with Crippen LogP contribution in [0.3, 0.4) is 0 Å².